The van der Waals surface area contributed by atoms with Gasteiger partial charge in [0.25, 0.3) is 0 Å². The van der Waals surface area contributed by atoms with Crippen LogP contribution in [0.2, 0.25) is 0 Å². The molecule has 0 aliphatic carbocycles. The lowest BCUT2D eigenvalue weighted by atomic mass is 10.2. The molecule has 1 amide bonds. The quantitative estimate of drug-likeness (QED) is 0.281. The molecule has 0 aliphatic heterocycles. The first-order valence-electron chi connectivity index (χ1n) is 8.61. The molecule has 2 aromatic carbocycles. The van der Waals surface area contributed by atoms with Gasteiger partial charge in [0.1, 0.15) is 5.75 Å². The highest BCUT2D eigenvalue weighted by molar-refractivity contribution is 14.2. The molecule has 0 heterocycles. The zero-order valence-electron chi connectivity index (χ0n) is 16.3. The fraction of sp³-hybridized carbons (Fsp3) is 0.200. The van der Waals surface area contributed by atoms with Crippen LogP contribution in [0.25, 0.3) is 0 Å². The molecule has 0 atom stereocenters. The number of aromatic carboxylic acids is 1. The van der Waals surface area contributed by atoms with E-state index in [1.807, 2.05) is 13.8 Å². The minimum Gasteiger partial charge on any atom is -0.497 e. The number of hydrogen-bond acceptors (Lipinski definition) is 6. The summed E-state index contributed by atoms with van der Waals surface area (Å²) in [7, 11) is 3.18. The highest BCUT2D eigenvalue weighted by Gasteiger charge is 2.10. The fourth-order valence-electron chi connectivity index (χ4n) is 2.24. The summed E-state index contributed by atoms with van der Waals surface area (Å²) in [6, 6.07) is 13.7. The normalized spacial score (nSPS) is 11.6. The van der Waals surface area contributed by atoms with Gasteiger partial charge in [-0.05, 0) is 81.7 Å². The van der Waals surface area contributed by atoms with Gasteiger partial charge in [-0.15, -0.1) is 0 Å². The number of rotatable bonds is 9. The molecule has 0 saturated heterocycles. The average molecular weight is 527 g/mol. The van der Waals surface area contributed by atoms with Crippen molar-refractivity contribution in [3.63, 3.8) is 0 Å². The molecule has 9 heteroatoms. The number of nitrogens with one attached hydrogen (secondary N) is 1. The largest absolute Gasteiger partial charge is 0.497 e. The SMILES string of the molecule is C/C=N/N(C(C)=ISCC(=O)Nc1ccc(OC)cc1)c1ccc(C(=O)O)cc1. The first-order valence-corrected chi connectivity index (χ1v) is 13.2. The maximum Gasteiger partial charge on any atom is 0.335 e. The highest BCUT2D eigenvalue weighted by Crippen LogP contribution is 2.27. The molecule has 154 valence electrons. The van der Waals surface area contributed by atoms with Crippen LogP contribution in [0.3, 0.4) is 0 Å². The van der Waals surface area contributed by atoms with Gasteiger partial charge in [0.05, 0.1) is 27.7 Å². The van der Waals surface area contributed by atoms with Crippen LogP contribution < -0.4 is 15.1 Å². The molecule has 2 N–H and O–H groups in total. The van der Waals surface area contributed by atoms with E-state index in [2.05, 4.69) is 10.4 Å². The Morgan fingerprint density at radius 3 is 2.41 bits per heavy atom. The summed E-state index contributed by atoms with van der Waals surface area (Å²) in [4.78, 5) is 23.2. The van der Waals surface area contributed by atoms with Crippen LogP contribution in [0.5, 0.6) is 5.75 Å². The Hall–Kier alpha value is -2.40. The number of benzene rings is 2. The number of carbonyl (C=O) groups excluding carboxylic acids is 1. The molecule has 0 aliphatic rings. The highest BCUT2D eigenvalue weighted by atomic mass is 127. The first-order chi connectivity index (χ1) is 13.9. The Kier molecular flexibility index (Phi) is 9.13. The Morgan fingerprint density at radius 2 is 1.86 bits per heavy atom. The summed E-state index contributed by atoms with van der Waals surface area (Å²) >= 11 is -0.507. The van der Waals surface area contributed by atoms with Gasteiger partial charge in [0.15, 0.2) is 0 Å². The van der Waals surface area contributed by atoms with Gasteiger partial charge in [-0.25, -0.2) is 9.80 Å². The molecular weight excluding hydrogens is 505 g/mol. The summed E-state index contributed by atoms with van der Waals surface area (Å²) in [5.74, 6) is 0.0530. The zero-order valence-corrected chi connectivity index (χ0v) is 19.2. The van der Waals surface area contributed by atoms with Crippen LogP contribution in [0.1, 0.15) is 24.2 Å². The first kappa shape index (κ1) is 22.9. The molecule has 0 saturated carbocycles. The summed E-state index contributed by atoms with van der Waals surface area (Å²) in [5.41, 5.74) is 1.74. The van der Waals surface area contributed by atoms with E-state index < -0.39 is 25.3 Å². The number of anilines is 2. The van der Waals surface area contributed by atoms with Gasteiger partial charge in [-0.2, -0.15) is 5.10 Å². The van der Waals surface area contributed by atoms with Crippen molar-refractivity contribution in [3.05, 3.63) is 54.1 Å². The van der Waals surface area contributed by atoms with Gasteiger partial charge in [-0.1, -0.05) is 8.93 Å². The molecule has 2 rings (SSSR count). The number of amides is 1. The number of ether oxygens (including phenoxy) is 1. The van der Waals surface area contributed by atoms with E-state index in [4.69, 9.17) is 9.84 Å². The van der Waals surface area contributed by atoms with Crippen molar-refractivity contribution >= 4 is 61.4 Å². The van der Waals surface area contributed by atoms with E-state index in [-0.39, 0.29) is 11.5 Å². The van der Waals surface area contributed by atoms with Gasteiger partial charge < -0.3 is 15.2 Å². The second-order valence-electron chi connectivity index (χ2n) is 5.64. The Balaban J connectivity index is 1.97. The summed E-state index contributed by atoms with van der Waals surface area (Å²) in [6.07, 6.45) is 1.68. The molecular formula is C20H22IN3O4S. The molecule has 29 heavy (non-hydrogen) atoms. The number of carbonyl (C=O) groups is 2. The Labute approximate surface area is 182 Å². The number of carboxylic acid groups (broad SMARTS) is 1. The van der Waals surface area contributed by atoms with Crippen LogP contribution in [0.15, 0.2) is 53.6 Å². The Morgan fingerprint density at radius 1 is 1.21 bits per heavy atom. The third kappa shape index (κ3) is 7.17. The van der Waals surface area contributed by atoms with E-state index >= 15 is 0 Å². The monoisotopic (exact) mass is 527 g/mol. The van der Waals surface area contributed by atoms with Gasteiger partial charge in [0.2, 0.25) is 5.91 Å². The van der Waals surface area contributed by atoms with E-state index in [1.54, 1.807) is 75.8 Å². The molecule has 0 radical (unpaired) electrons. The maximum atomic E-state index is 12.2. The number of hydrazone groups is 1. The van der Waals surface area contributed by atoms with E-state index in [1.165, 1.54) is 0 Å². The van der Waals surface area contributed by atoms with Crippen LogP contribution in [0, 0.1) is 0 Å². The smallest absolute Gasteiger partial charge is 0.335 e. The molecule has 0 spiro atoms. The standard InChI is InChI=1S/C20H22IN3O4S/c1-4-22-24(17-9-5-15(6-10-17)20(26)27)14(2)21-29-13-19(25)23-16-7-11-18(28-3)12-8-16/h4-12H,13H2,1-3H3,(H,23,25)(H,26,27)/b22-4+. The fourth-order valence-corrected chi connectivity index (χ4v) is 6.32. The Bertz CT molecular complexity index is 899. The molecule has 0 fully saturated rings. The van der Waals surface area contributed by atoms with Crippen LogP contribution in [-0.4, -0.2) is 39.7 Å². The lowest BCUT2D eigenvalue weighted by molar-refractivity contribution is -0.113. The minimum atomic E-state index is -0.964. The van der Waals surface area contributed by atoms with E-state index in [0.717, 1.165) is 20.8 Å². The van der Waals surface area contributed by atoms with Crippen molar-refractivity contribution in [1.82, 2.24) is 0 Å². The van der Waals surface area contributed by atoms with Gasteiger partial charge in [-0.3, -0.25) is 4.79 Å². The molecule has 0 bridgehead atoms. The maximum absolute atomic E-state index is 12.2. The van der Waals surface area contributed by atoms with Crippen molar-refractivity contribution in [2.45, 2.75) is 13.8 Å². The minimum absolute atomic E-state index is 0.0657. The lowest BCUT2D eigenvalue weighted by Gasteiger charge is -2.19. The topological polar surface area (TPSA) is 91.2 Å². The van der Waals surface area contributed by atoms with Crippen LogP contribution >= 0.6 is 28.3 Å². The summed E-state index contributed by atoms with van der Waals surface area (Å²) in [6.45, 7) is 3.79. The van der Waals surface area contributed by atoms with Crippen molar-refractivity contribution in [3.8, 4) is 5.75 Å². The number of nitrogens with zero attached hydrogens (tertiary/aromatic N) is 2. The molecule has 0 unspecified atom stereocenters. The molecule has 0 aromatic heterocycles. The number of carboxylic acids is 1. The van der Waals surface area contributed by atoms with Gasteiger partial charge in [0, 0.05) is 11.9 Å². The van der Waals surface area contributed by atoms with Crippen molar-refractivity contribution < 1.29 is 19.4 Å². The number of methoxy groups -OCH3 is 1. The lowest BCUT2D eigenvalue weighted by Crippen LogP contribution is -2.21. The van der Waals surface area contributed by atoms with Crippen molar-refractivity contribution in [2.75, 3.05) is 23.2 Å². The zero-order chi connectivity index (χ0) is 21.2. The predicted octanol–water partition coefficient (Wildman–Crippen LogP) is 4.61. The number of hydrogen-bond donors (Lipinski definition) is 2. The third-order valence-electron chi connectivity index (χ3n) is 3.61. The van der Waals surface area contributed by atoms with Gasteiger partial charge >= 0.3 is 5.97 Å². The summed E-state index contributed by atoms with van der Waals surface area (Å²) < 4.78 is 6.14. The molecule has 7 nitrogen and oxygen atoms in total. The molecule has 2 aromatic rings. The number of halogens is 1. The second-order valence-corrected chi connectivity index (χ2v) is 11.1. The van der Waals surface area contributed by atoms with E-state index in [0.29, 0.717) is 5.75 Å². The van der Waals surface area contributed by atoms with Crippen molar-refractivity contribution in [1.29, 1.82) is 0 Å². The predicted molar refractivity (Wildman–Crippen MR) is 129 cm³/mol. The third-order valence-corrected chi connectivity index (χ3v) is 8.55. The van der Waals surface area contributed by atoms with E-state index in [9.17, 15) is 9.59 Å². The summed E-state index contributed by atoms with van der Waals surface area (Å²) in [5, 5.41) is 18.1. The van der Waals surface area contributed by atoms with Crippen molar-refractivity contribution in [2.24, 2.45) is 5.10 Å². The van der Waals surface area contributed by atoms with Crippen LogP contribution in [0.4, 0.5) is 11.4 Å². The second kappa shape index (κ2) is 11.6. The average Bonchev–Trinajstić information content (AvgIpc) is 2.72. The van der Waals surface area contributed by atoms with Crippen LogP contribution in [-0.2, 0) is 4.79 Å².